The van der Waals surface area contributed by atoms with Gasteiger partial charge in [-0.2, -0.15) is 0 Å². The third-order valence-electron chi connectivity index (χ3n) is 4.42. The van der Waals surface area contributed by atoms with Crippen LogP contribution >= 0.6 is 11.3 Å². The Balaban J connectivity index is 1.68. The fraction of sp³-hybridized carbons (Fsp3) is 0.389. The molecule has 0 spiro atoms. The number of aromatic nitrogens is 1. The van der Waals surface area contributed by atoms with Crippen molar-refractivity contribution in [2.24, 2.45) is 11.7 Å². The van der Waals surface area contributed by atoms with Gasteiger partial charge in [-0.25, -0.2) is 9.37 Å². The van der Waals surface area contributed by atoms with Crippen LogP contribution in [0.2, 0.25) is 0 Å². The Hall–Kier alpha value is -2.32. The molecule has 1 aliphatic carbocycles. The minimum Gasteiger partial charge on any atom is -0.325 e. The van der Waals surface area contributed by atoms with E-state index in [-0.39, 0.29) is 29.8 Å². The molecule has 0 aliphatic heterocycles. The van der Waals surface area contributed by atoms with Crippen molar-refractivity contribution in [1.29, 1.82) is 0 Å². The standard InChI is InChI=1S/C18H21FN4O2S/c19-13-7-6-12(21-18(25)15-10-26-16(9-20)22-15)8-14(13)23-17(24)11-4-2-1-3-5-11/h6-8,10-11H,1-5,9,20H2,(H,21,25)(H,23,24). The van der Waals surface area contributed by atoms with Gasteiger partial charge in [0.05, 0.1) is 5.69 Å². The van der Waals surface area contributed by atoms with E-state index in [9.17, 15) is 14.0 Å². The molecule has 0 bridgehead atoms. The zero-order valence-corrected chi connectivity index (χ0v) is 15.1. The molecule has 6 nitrogen and oxygen atoms in total. The Labute approximate surface area is 155 Å². The van der Waals surface area contributed by atoms with E-state index < -0.39 is 11.7 Å². The Morgan fingerprint density at radius 3 is 2.69 bits per heavy atom. The summed E-state index contributed by atoms with van der Waals surface area (Å²) >= 11 is 1.30. The molecule has 1 heterocycles. The van der Waals surface area contributed by atoms with Gasteiger partial charge in [-0.1, -0.05) is 19.3 Å². The molecule has 0 atom stereocenters. The van der Waals surface area contributed by atoms with E-state index in [1.54, 1.807) is 5.38 Å². The summed E-state index contributed by atoms with van der Waals surface area (Å²) in [5, 5.41) is 7.59. The maximum absolute atomic E-state index is 14.1. The molecule has 0 saturated heterocycles. The van der Waals surface area contributed by atoms with Crippen LogP contribution in [0.1, 0.15) is 47.6 Å². The lowest BCUT2D eigenvalue weighted by atomic mass is 9.88. The minimum atomic E-state index is -0.536. The van der Waals surface area contributed by atoms with Gasteiger partial charge in [-0.15, -0.1) is 11.3 Å². The molecule has 1 aromatic heterocycles. The number of hydrogen-bond donors (Lipinski definition) is 3. The van der Waals surface area contributed by atoms with Crippen molar-refractivity contribution in [2.75, 3.05) is 10.6 Å². The molecule has 1 saturated carbocycles. The first-order valence-electron chi connectivity index (χ1n) is 8.63. The number of nitrogens with two attached hydrogens (primary N) is 1. The van der Waals surface area contributed by atoms with Crippen LogP contribution in [0, 0.1) is 11.7 Å². The normalized spacial score (nSPS) is 14.8. The summed E-state index contributed by atoms with van der Waals surface area (Å²) in [7, 11) is 0. The fourth-order valence-corrected chi connectivity index (χ4v) is 3.66. The van der Waals surface area contributed by atoms with Crippen molar-refractivity contribution in [3.05, 3.63) is 40.1 Å². The Morgan fingerprint density at radius 2 is 2.00 bits per heavy atom. The summed E-state index contributed by atoms with van der Waals surface area (Å²) in [4.78, 5) is 28.7. The zero-order chi connectivity index (χ0) is 18.5. The molecular formula is C18H21FN4O2S. The second-order valence-electron chi connectivity index (χ2n) is 6.30. The van der Waals surface area contributed by atoms with Gasteiger partial charge in [0.2, 0.25) is 5.91 Å². The van der Waals surface area contributed by atoms with Gasteiger partial charge in [-0.05, 0) is 31.0 Å². The van der Waals surface area contributed by atoms with Crippen molar-refractivity contribution in [2.45, 2.75) is 38.6 Å². The average molecular weight is 376 g/mol. The monoisotopic (exact) mass is 376 g/mol. The lowest BCUT2D eigenvalue weighted by molar-refractivity contribution is -0.120. The van der Waals surface area contributed by atoms with Crippen molar-refractivity contribution in [1.82, 2.24) is 4.98 Å². The Bertz CT molecular complexity index is 802. The largest absolute Gasteiger partial charge is 0.325 e. The SMILES string of the molecule is NCc1nc(C(=O)Nc2ccc(F)c(NC(=O)C3CCCCC3)c2)cs1. The van der Waals surface area contributed by atoms with Crippen LogP contribution < -0.4 is 16.4 Å². The number of halogens is 1. The van der Waals surface area contributed by atoms with Crippen molar-refractivity contribution < 1.29 is 14.0 Å². The maximum atomic E-state index is 14.1. The lowest BCUT2D eigenvalue weighted by Crippen LogP contribution is -2.25. The second-order valence-corrected chi connectivity index (χ2v) is 7.25. The predicted molar refractivity (Wildman–Crippen MR) is 99.6 cm³/mol. The van der Waals surface area contributed by atoms with Gasteiger partial charge < -0.3 is 16.4 Å². The molecule has 1 fully saturated rings. The van der Waals surface area contributed by atoms with Crippen LogP contribution in [0.25, 0.3) is 0 Å². The summed E-state index contributed by atoms with van der Waals surface area (Å²) < 4.78 is 14.1. The molecule has 138 valence electrons. The average Bonchev–Trinajstić information content (AvgIpc) is 3.14. The predicted octanol–water partition coefficient (Wildman–Crippen LogP) is 3.51. The number of thiazole rings is 1. The summed E-state index contributed by atoms with van der Waals surface area (Å²) in [5.74, 6) is -1.19. The van der Waals surface area contributed by atoms with Crippen LogP contribution in [0.15, 0.2) is 23.6 Å². The summed E-state index contributed by atoms with van der Waals surface area (Å²) in [6.45, 7) is 0.270. The lowest BCUT2D eigenvalue weighted by Gasteiger charge is -2.21. The number of carbonyl (C=O) groups excluding carboxylic acids is 2. The molecule has 4 N–H and O–H groups in total. The highest BCUT2D eigenvalue weighted by molar-refractivity contribution is 7.09. The Kier molecular flexibility index (Phi) is 5.95. The van der Waals surface area contributed by atoms with Gasteiger partial charge in [0.1, 0.15) is 16.5 Å². The number of nitrogens with one attached hydrogen (secondary N) is 2. The molecule has 2 aromatic rings. The second kappa shape index (κ2) is 8.37. The number of anilines is 2. The van der Waals surface area contributed by atoms with E-state index in [0.29, 0.717) is 10.7 Å². The zero-order valence-electron chi connectivity index (χ0n) is 14.3. The topological polar surface area (TPSA) is 97.1 Å². The van der Waals surface area contributed by atoms with E-state index in [1.807, 2.05) is 0 Å². The molecule has 8 heteroatoms. The van der Waals surface area contributed by atoms with E-state index in [1.165, 1.54) is 29.5 Å². The smallest absolute Gasteiger partial charge is 0.275 e. The van der Waals surface area contributed by atoms with Crippen LogP contribution in [-0.2, 0) is 11.3 Å². The van der Waals surface area contributed by atoms with Crippen LogP contribution in [0.3, 0.4) is 0 Å². The minimum absolute atomic E-state index is 0.0688. The molecule has 1 aromatic carbocycles. The van der Waals surface area contributed by atoms with Gasteiger partial charge in [-0.3, -0.25) is 9.59 Å². The highest BCUT2D eigenvalue weighted by atomic mass is 32.1. The fourth-order valence-electron chi connectivity index (χ4n) is 3.00. The molecule has 1 aliphatic rings. The van der Waals surface area contributed by atoms with E-state index >= 15 is 0 Å². The number of rotatable bonds is 5. The first kappa shape index (κ1) is 18.5. The third-order valence-corrected chi connectivity index (χ3v) is 5.29. The highest BCUT2D eigenvalue weighted by Gasteiger charge is 2.22. The quantitative estimate of drug-likeness (QED) is 0.744. The number of hydrogen-bond acceptors (Lipinski definition) is 5. The Morgan fingerprint density at radius 1 is 1.23 bits per heavy atom. The summed E-state index contributed by atoms with van der Waals surface area (Å²) in [6.07, 6.45) is 4.85. The number of carbonyl (C=O) groups is 2. The molecular weight excluding hydrogens is 355 g/mol. The molecule has 2 amide bonds. The van der Waals surface area contributed by atoms with Crippen LogP contribution in [0.4, 0.5) is 15.8 Å². The van der Waals surface area contributed by atoms with E-state index in [0.717, 1.165) is 32.1 Å². The number of nitrogens with zero attached hydrogens (tertiary/aromatic N) is 1. The van der Waals surface area contributed by atoms with Gasteiger partial charge >= 0.3 is 0 Å². The van der Waals surface area contributed by atoms with Crippen LogP contribution in [0.5, 0.6) is 0 Å². The van der Waals surface area contributed by atoms with Gasteiger partial charge in [0.15, 0.2) is 0 Å². The van der Waals surface area contributed by atoms with Crippen LogP contribution in [-0.4, -0.2) is 16.8 Å². The molecule has 3 rings (SSSR count). The first-order valence-corrected chi connectivity index (χ1v) is 9.51. The summed E-state index contributed by atoms with van der Waals surface area (Å²) in [6, 6.07) is 4.09. The maximum Gasteiger partial charge on any atom is 0.275 e. The van der Waals surface area contributed by atoms with Gasteiger partial charge in [0.25, 0.3) is 5.91 Å². The van der Waals surface area contributed by atoms with Crippen molar-refractivity contribution >= 4 is 34.5 Å². The van der Waals surface area contributed by atoms with Gasteiger partial charge in [0, 0.05) is 23.5 Å². The molecule has 0 radical (unpaired) electrons. The first-order chi connectivity index (χ1) is 12.6. The number of amides is 2. The van der Waals surface area contributed by atoms with Crippen molar-refractivity contribution in [3.63, 3.8) is 0 Å². The van der Waals surface area contributed by atoms with Crippen molar-refractivity contribution in [3.8, 4) is 0 Å². The third kappa shape index (κ3) is 4.44. The summed E-state index contributed by atoms with van der Waals surface area (Å²) in [5.41, 5.74) is 6.21. The highest BCUT2D eigenvalue weighted by Crippen LogP contribution is 2.26. The van der Waals surface area contributed by atoms with E-state index in [4.69, 9.17) is 5.73 Å². The molecule has 0 unspecified atom stereocenters. The molecule has 26 heavy (non-hydrogen) atoms. The van der Waals surface area contributed by atoms with E-state index in [2.05, 4.69) is 15.6 Å². The number of benzene rings is 1.